The molecule has 1 rings (SSSR count). The van der Waals surface area contributed by atoms with E-state index in [1.165, 1.54) is 18.3 Å². The average molecular weight is 243 g/mol. The Kier molecular flexibility index (Phi) is 4.39. The third kappa shape index (κ3) is 3.95. The van der Waals surface area contributed by atoms with Crippen molar-refractivity contribution < 1.29 is 14.7 Å². The van der Waals surface area contributed by atoms with Crippen LogP contribution in [0.3, 0.4) is 0 Å². The summed E-state index contributed by atoms with van der Waals surface area (Å²) >= 11 is 1.25. The van der Waals surface area contributed by atoms with Crippen LogP contribution in [-0.4, -0.2) is 34.6 Å². The topological polar surface area (TPSA) is 91.3 Å². The van der Waals surface area contributed by atoms with E-state index in [0.717, 1.165) is 5.69 Å². The monoisotopic (exact) mass is 243 g/mol. The minimum atomic E-state index is -0.784. The zero-order valence-corrected chi connectivity index (χ0v) is 9.80. The van der Waals surface area contributed by atoms with Gasteiger partial charge in [-0.1, -0.05) is 0 Å². The van der Waals surface area contributed by atoms with E-state index < -0.39 is 17.9 Å². The largest absolute Gasteiger partial charge is 0.392 e. The maximum absolute atomic E-state index is 11.3. The second-order valence-corrected chi connectivity index (χ2v) is 4.17. The Labute approximate surface area is 96.7 Å². The van der Waals surface area contributed by atoms with Gasteiger partial charge in [-0.25, -0.2) is 4.98 Å². The minimum Gasteiger partial charge on any atom is -0.392 e. The van der Waals surface area contributed by atoms with Crippen LogP contribution in [0.4, 0.5) is 5.13 Å². The molecule has 1 unspecified atom stereocenters. The molecule has 0 fully saturated rings. The molecule has 88 valence electrons. The van der Waals surface area contributed by atoms with Gasteiger partial charge in [-0.15, -0.1) is 11.3 Å². The number of aromatic nitrogens is 1. The molecular formula is C9H13N3O3S. The lowest BCUT2D eigenvalue weighted by atomic mass is 10.4. The summed E-state index contributed by atoms with van der Waals surface area (Å²) in [4.78, 5) is 26.5. The Morgan fingerprint density at radius 2 is 2.25 bits per heavy atom. The first-order valence-corrected chi connectivity index (χ1v) is 5.56. The van der Waals surface area contributed by atoms with Gasteiger partial charge in [0.1, 0.15) is 0 Å². The van der Waals surface area contributed by atoms with E-state index in [1.54, 1.807) is 12.3 Å². The van der Waals surface area contributed by atoms with Gasteiger partial charge in [0.2, 0.25) is 0 Å². The van der Waals surface area contributed by atoms with Crippen molar-refractivity contribution in [2.45, 2.75) is 20.0 Å². The molecule has 0 saturated carbocycles. The summed E-state index contributed by atoms with van der Waals surface area (Å²) in [6.45, 7) is 3.35. The predicted molar refractivity (Wildman–Crippen MR) is 60.2 cm³/mol. The summed E-state index contributed by atoms with van der Waals surface area (Å²) in [6, 6.07) is 0. The summed E-state index contributed by atoms with van der Waals surface area (Å²) < 4.78 is 0. The smallest absolute Gasteiger partial charge is 0.315 e. The fraction of sp³-hybridized carbons (Fsp3) is 0.444. The van der Waals surface area contributed by atoms with Gasteiger partial charge in [0.05, 0.1) is 11.8 Å². The Bertz CT molecular complexity index is 389. The van der Waals surface area contributed by atoms with Crippen LogP contribution in [0.2, 0.25) is 0 Å². The number of thiazole rings is 1. The van der Waals surface area contributed by atoms with E-state index in [9.17, 15) is 9.59 Å². The van der Waals surface area contributed by atoms with Crippen LogP contribution < -0.4 is 10.6 Å². The zero-order valence-electron chi connectivity index (χ0n) is 8.98. The zero-order chi connectivity index (χ0) is 12.1. The average Bonchev–Trinajstić information content (AvgIpc) is 2.60. The van der Waals surface area contributed by atoms with Crippen molar-refractivity contribution in [3.8, 4) is 0 Å². The lowest BCUT2D eigenvalue weighted by molar-refractivity contribution is -0.136. The van der Waals surface area contributed by atoms with Crippen LogP contribution in [0.15, 0.2) is 5.38 Å². The van der Waals surface area contributed by atoms with E-state index in [4.69, 9.17) is 5.11 Å². The first kappa shape index (κ1) is 12.6. The number of carbonyl (C=O) groups excluding carboxylic acids is 2. The van der Waals surface area contributed by atoms with Crippen LogP contribution in [0.25, 0.3) is 0 Å². The second kappa shape index (κ2) is 5.57. The number of rotatable bonds is 3. The molecular weight excluding hydrogens is 230 g/mol. The molecule has 1 aromatic rings. The predicted octanol–water partition coefficient (Wildman–Crippen LogP) is -0.113. The number of carbonyl (C=O) groups is 2. The first-order chi connectivity index (χ1) is 7.49. The molecule has 7 heteroatoms. The number of aliphatic hydroxyl groups excluding tert-OH is 1. The standard InChI is InChI=1S/C9H13N3O3S/c1-5-4-16-9(11-5)12-8(15)7(14)10-3-6(2)13/h4,6,13H,3H2,1-2H3,(H,10,14)(H,11,12,15). The number of hydrogen-bond acceptors (Lipinski definition) is 5. The highest BCUT2D eigenvalue weighted by Gasteiger charge is 2.15. The van der Waals surface area contributed by atoms with Crippen LogP contribution >= 0.6 is 11.3 Å². The molecule has 0 aliphatic rings. The first-order valence-electron chi connectivity index (χ1n) is 4.68. The minimum absolute atomic E-state index is 0.0448. The summed E-state index contributed by atoms with van der Waals surface area (Å²) in [5.41, 5.74) is 0.782. The van der Waals surface area contributed by atoms with Crippen molar-refractivity contribution in [2.24, 2.45) is 0 Å². The Morgan fingerprint density at radius 1 is 1.56 bits per heavy atom. The molecule has 2 amide bonds. The van der Waals surface area contributed by atoms with Crippen LogP contribution in [0.1, 0.15) is 12.6 Å². The molecule has 0 spiro atoms. The van der Waals surface area contributed by atoms with Gasteiger partial charge in [-0.3, -0.25) is 14.9 Å². The Balaban J connectivity index is 2.43. The van der Waals surface area contributed by atoms with Crippen LogP contribution in [0.5, 0.6) is 0 Å². The normalized spacial score (nSPS) is 11.9. The van der Waals surface area contributed by atoms with Gasteiger partial charge in [0.25, 0.3) is 0 Å². The lowest BCUT2D eigenvalue weighted by Crippen LogP contribution is -2.38. The summed E-state index contributed by atoms with van der Waals surface area (Å²) in [5.74, 6) is -1.57. The molecule has 1 heterocycles. The lowest BCUT2D eigenvalue weighted by Gasteiger charge is -2.05. The van der Waals surface area contributed by atoms with Crippen molar-refractivity contribution in [3.05, 3.63) is 11.1 Å². The van der Waals surface area contributed by atoms with Gasteiger partial charge in [0, 0.05) is 11.9 Å². The molecule has 1 atom stereocenters. The number of amides is 2. The summed E-state index contributed by atoms with van der Waals surface area (Å²) in [5, 5.41) is 15.7. The second-order valence-electron chi connectivity index (χ2n) is 3.31. The van der Waals surface area contributed by atoms with Crippen molar-refractivity contribution >= 4 is 28.3 Å². The highest BCUT2D eigenvalue weighted by molar-refractivity contribution is 7.14. The van der Waals surface area contributed by atoms with Gasteiger partial charge in [-0.05, 0) is 13.8 Å². The molecule has 0 aromatic carbocycles. The van der Waals surface area contributed by atoms with Gasteiger partial charge < -0.3 is 10.4 Å². The third-order valence-corrected chi connectivity index (χ3v) is 2.48. The molecule has 0 saturated heterocycles. The number of nitrogens with zero attached hydrogens (tertiary/aromatic N) is 1. The molecule has 0 aliphatic heterocycles. The quantitative estimate of drug-likeness (QED) is 0.646. The maximum atomic E-state index is 11.3. The number of nitrogens with one attached hydrogen (secondary N) is 2. The molecule has 3 N–H and O–H groups in total. The van der Waals surface area contributed by atoms with Crippen molar-refractivity contribution in [3.63, 3.8) is 0 Å². The fourth-order valence-electron chi connectivity index (χ4n) is 0.886. The van der Waals surface area contributed by atoms with Gasteiger partial charge in [0.15, 0.2) is 5.13 Å². The Morgan fingerprint density at radius 3 is 2.75 bits per heavy atom. The van der Waals surface area contributed by atoms with Crippen molar-refractivity contribution in [1.29, 1.82) is 0 Å². The van der Waals surface area contributed by atoms with E-state index in [1.807, 2.05) is 0 Å². The molecule has 6 nitrogen and oxygen atoms in total. The SMILES string of the molecule is Cc1csc(NC(=O)C(=O)NCC(C)O)n1. The fourth-order valence-corrected chi connectivity index (χ4v) is 1.57. The van der Waals surface area contributed by atoms with Crippen LogP contribution in [-0.2, 0) is 9.59 Å². The number of aliphatic hydroxyl groups is 1. The van der Waals surface area contributed by atoms with E-state index >= 15 is 0 Å². The van der Waals surface area contributed by atoms with Crippen molar-refractivity contribution in [2.75, 3.05) is 11.9 Å². The molecule has 16 heavy (non-hydrogen) atoms. The highest BCUT2D eigenvalue weighted by Crippen LogP contribution is 2.13. The van der Waals surface area contributed by atoms with E-state index in [-0.39, 0.29) is 6.54 Å². The molecule has 0 bridgehead atoms. The maximum Gasteiger partial charge on any atom is 0.315 e. The summed E-state index contributed by atoms with van der Waals surface area (Å²) in [6.07, 6.45) is -0.682. The van der Waals surface area contributed by atoms with Gasteiger partial charge in [-0.2, -0.15) is 0 Å². The summed E-state index contributed by atoms with van der Waals surface area (Å²) in [7, 11) is 0. The Hall–Kier alpha value is -1.47. The number of aryl methyl sites for hydroxylation is 1. The van der Waals surface area contributed by atoms with Crippen LogP contribution in [0, 0.1) is 6.92 Å². The number of hydrogen-bond donors (Lipinski definition) is 3. The highest BCUT2D eigenvalue weighted by atomic mass is 32.1. The van der Waals surface area contributed by atoms with Gasteiger partial charge >= 0.3 is 11.8 Å². The van der Waals surface area contributed by atoms with E-state index in [0.29, 0.717) is 5.13 Å². The third-order valence-electron chi connectivity index (χ3n) is 1.60. The molecule has 1 aromatic heterocycles. The number of anilines is 1. The molecule has 0 radical (unpaired) electrons. The van der Waals surface area contributed by atoms with E-state index in [2.05, 4.69) is 15.6 Å². The van der Waals surface area contributed by atoms with Crippen molar-refractivity contribution in [1.82, 2.24) is 10.3 Å². The molecule has 0 aliphatic carbocycles.